The van der Waals surface area contributed by atoms with Crippen molar-refractivity contribution in [3.8, 4) is 28.5 Å². The average molecular weight is 327 g/mol. The first-order chi connectivity index (χ1) is 11.6. The summed E-state index contributed by atoms with van der Waals surface area (Å²) in [5, 5.41) is 0. The van der Waals surface area contributed by atoms with E-state index in [1.165, 1.54) is 7.11 Å². The summed E-state index contributed by atoms with van der Waals surface area (Å²) in [4.78, 5) is 32.6. The van der Waals surface area contributed by atoms with Gasteiger partial charge in [0.15, 0.2) is 17.0 Å². The maximum atomic E-state index is 12.0. The van der Waals surface area contributed by atoms with Gasteiger partial charge in [-0.2, -0.15) is 0 Å². The van der Waals surface area contributed by atoms with E-state index < -0.39 is 11.2 Å². The van der Waals surface area contributed by atoms with E-state index in [9.17, 15) is 9.59 Å². The van der Waals surface area contributed by atoms with Crippen LogP contribution in [0.5, 0.6) is 17.2 Å². The van der Waals surface area contributed by atoms with Crippen LogP contribution in [0.4, 0.5) is 0 Å². The minimum absolute atomic E-state index is 0.125. The predicted octanol–water partition coefficient (Wildman–Crippen LogP) is 1.32. The molecule has 8 heteroatoms. The smallest absolute Gasteiger partial charge is 0.326 e. The number of hydrogen-bond acceptors (Lipinski definition) is 6. The molecule has 0 amide bonds. The monoisotopic (exact) mass is 327 g/mol. The Morgan fingerprint density at radius 2 is 2.00 bits per heavy atom. The van der Waals surface area contributed by atoms with Crippen LogP contribution in [-0.2, 0) is 0 Å². The van der Waals surface area contributed by atoms with Gasteiger partial charge in [-0.25, -0.2) is 9.78 Å². The lowest BCUT2D eigenvalue weighted by molar-refractivity contribution is 0.171. The second-order valence-corrected chi connectivity index (χ2v) is 5.37. The summed E-state index contributed by atoms with van der Waals surface area (Å²) in [6.45, 7) is 1.92. The molecule has 2 aromatic heterocycles. The number of rotatable bonds is 2. The molecule has 1 aliphatic rings. The Morgan fingerprint density at radius 3 is 2.79 bits per heavy atom. The number of aromatic nitrogens is 3. The first-order valence-electron chi connectivity index (χ1n) is 7.19. The molecule has 122 valence electrons. The largest absolute Gasteiger partial charge is 0.493 e. The second-order valence-electron chi connectivity index (χ2n) is 5.37. The van der Waals surface area contributed by atoms with Crippen LogP contribution in [0.2, 0.25) is 0 Å². The van der Waals surface area contributed by atoms with E-state index in [1.807, 2.05) is 0 Å². The van der Waals surface area contributed by atoms with Crippen LogP contribution in [0.1, 0.15) is 5.56 Å². The van der Waals surface area contributed by atoms with Crippen molar-refractivity contribution in [1.29, 1.82) is 0 Å². The summed E-state index contributed by atoms with van der Waals surface area (Å²) in [7, 11) is 1.54. The van der Waals surface area contributed by atoms with Gasteiger partial charge in [-0.05, 0) is 30.7 Å². The van der Waals surface area contributed by atoms with Crippen molar-refractivity contribution < 1.29 is 14.2 Å². The van der Waals surface area contributed by atoms with Gasteiger partial charge in [0.25, 0.3) is 5.56 Å². The third-order valence-electron chi connectivity index (χ3n) is 3.85. The number of H-pyrrole nitrogens is 2. The number of methoxy groups -OCH3 is 1. The predicted molar refractivity (Wildman–Crippen MR) is 85.8 cm³/mol. The number of fused-ring (bicyclic) bond motifs is 2. The standard InChI is InChI=1S/C16H13N3O5/c1-7-3-9(17-13-12(7)18-16(21)19-15(13)20)8-4-10(22-2)14-11(5-8)23-6-24-14/h3-5H,6H2,1-2H3,(H2,18,19,20,21). The fraction of sp³-hybridized carbons (Fsp3) is 0.188. The summed E-state index contributed by atoms with van der Waals surface area (Å²) < 4.78 is 16.1. The Bertz CT molecular complexity index is 1080. The highest BCUT2D eigenvalue weighted by molar-refractivity contribution is 5.81. The molecule has 2 N–H and O–H groups in total. The first kappa shape index (κ1) is 14.3. The van der Waals surface area contributed by atoms with Crippen LogP contribution in [0.15, 0.2) is 27.8 Å². The van der Waals surface area contributed by atoms with Gasteiger partial charge in [0.05, 0.1) is 18.3 Å². The molecule has 0 fully saturated rings. The first-order valence-corrected chi connectivity index (χ1v) is 7.19. The molecule has 8 nitrogen and oxygen atoms in total. The van der Waals surface area contributed by atoms with Crippen molar-refractivity contribution in [3.05, 3.63) is 44.6 Å². The molecular formula is C16H13N3O5. The zero-order valence-electron chi connectivity index (χ0n) is 12.9. The van der Waals surface area contributed by atoms with Crippen LogP contribution in [-0.4, -0.2) is 28.9 Å². The second kappa shape index (κ2) is 5.12. The maximum Gasteiger partial charge on any atom is 0.326 e. The number of aromatic amines is 2. The van der Waals surface area contributed by atoms with Gasteiger partial charge in [-0.3, -0.25) is 9.78 Å². The SMILES string of the molecule is COc1cc(-c2cc(C)c3[nH]c(=O)[nH]c(=O)c3n2)cc2c1OCO2. The molecule has 0 bridgehead atoms. The Labute approximate surface area is 135 Å². The van der Waals surface area contributed by atoms with E-state index in [1.54, 1.807) is 25.1 Å². The van der Waals surface area contributed by atoms with E-state index in [4.69, 9.17) is 14.2 Å². The highest BCUT2D eigenvalue weighted by atomic mass is 16.7. The molecule has 0 radical (unpaired) electrons. The molecule has 0 atom stereocenters. The zero-order chi connectivity index (χ0) is 16.8. The Hall–Kier alpha value is -3.29. The normalized spacial score (nSPS) is 12.6. The summed E-state index contributed by atoms with van der Waals surface area (Å²) in [5.74, 6) is 1.62. The summed E-state index contributed by atoms with van der Waals surface area (Å²) in [6, 6.07) is 5.33. The lowest BCUT2D eigenvalue weighted by atomic mass is 10.1. The van der Waals surface area contributed by atoms with Gasteiger partial charge in [0.2, 0.25) is 12.5 Å². The molecule has 0 saturated carbocycles. The number of nitrogens with zero attached hydrogens (tertiary/aromatic N) is 1. The van der Waals surface area contributed by atoms with Gasteiger partial charge in [-0.1, -0.05) is 0 Å². The van der Waals surface area contributed by atoms with Gasteiger partial charge in [0.1, 0.15) is 0 Å². The highest BCUT2D eigenvalue weighted by Crippen LogP contribution is 2.44. The van der Waals surface area contributed by atoms with Crippen LogP contribution in [0.3, 0.4) is 0 Å². The van der Waals surface area contributed by atoms with Crippen LogP contribution < -0.4 is 25.5 Å². The minimum Gasteiger partial charge on any atom is -0.493 e. The van der Waals surface area contributed by atoms with Crippen LogP contribution in [0, 0.1) is 6.92 Å². The lowest BCUT2D eigenvalue weighted by Gasteiger charge is -2.09. The third kappa shape index (κ3) is 2.11. The molecular weight excluding hydrogens is 314 g/mol. The Balaban J connectivity index is 1.98. The molecule has 1 aliphatic heterocycles. The van der Waals surface area contributed by atoms with E-state index in [0.29, 0.717) is 34.0 Å². The van der Waals surface area contributed by atoms with E-state index >= 15 is 0 Å². The summed E-state index contributed by atoms with van der Waals surface area (Å²) in [5.41, 5.74) is 1.50. The maximum absolute atomic E-state index is 12.0. The summed E-state index contributed by atoms with van der Waals surface area (Å²) in [6.07, 6.45) is 0. The van der Waals surface area contributed by atoms with Gasteiger partial charge >= 0.3 is 5.69 Å². The molecule has 0 saturated heterocycles. The number of pyridine rings is 1. The van der Waals surface area contributed by atoms with Crippen LogP contribution >= 0.6 is 0 Å². The molecule has 0 unspecified atom stereocenters. The lowest BCUT2D eigenvalue weighted by Crippen LogP contribution is -2.23. The van der Waals surface area contributed by atoms with Crippen LogP contribution in [0.25, 0.3) is 22.3 Å². The van der Waals surface area contributed by atoms with E-state index in [2.05, 4.69) is 15.0 Å². The molecule has 3 heterocycles. The average Bonchev–Trinajstić information content (AvgIpc) is 3.03. The number of nitrogens with one attached hydrogen (secondary N) is 2. The fourth-order valence-electron chi connectivity index (χ4n) is 2.73. The van der Waals surface area contributed by atoms with Gasteiger partial charge in [-0.15, -0.1) is 0 Å². The van der Waals surface area contributed by atoms with Crippen molar-refractivity contribution in [2.45, 2.75) is 6.92 Å². The van der Waals surface area contributed by atoms with Gasteiger partial charge < -0.3 is 19.2 Å². The number of benzene rings is 1. The van der Waals surface area contributed by atoms with Crippen molar-refractivity contribution >= 4 is 11.0 Å². The topological polar surface area (TPSA) is 106 Å². The number of aryl methyl sites for hydroxylation is 1. The minimum atomic E-state index is -0.560. The van der Waals surface area contributed by atoms with E-state index in [-0.39, 0.29) is 12.3 Å². The molecule has 4 rings (SSSR count). The Morgan fingerprint density at radius 1 is 1.17 bits per heavy atom. The van der Waals surface area contributed by atoms with Crippen molar-refractivity contribution in [1.82, 2.24) is 15.0 Å². The fourth-order valence-corrected chi connectivity index (χ4v) is 2.73. The molecule has 0 aliphatic carbocycles. The molecule has 0 spiro atoms. The quantitative estimate of drug-likeness (QED) is 0.735. The van der Waals surface area contributed by atoms with Crippen molar-refractivity contribution in [2.75, 3.05) is 13.9 Å². The zero-order valence-corrected chi connectivity index (χ0v) is 12.9. The molecule has 24 heavy (non-hydrogen) atoms. The molecule has 3 aromatic rings. The summed E-state index contributed by atoms with van der Waals surface area (Å²) >= 11 is 0. The third-order valence-corrected chi connectivity index (χ3v) is 3.85. The molecule has 1 aromatic carbocycles. The van der Waals surface area contributed by atoms with Crippen molar-refractivity contribution in [3.63, 3.8) is 0 Å². The van der Waals surface area contributed by atoms with E-state index in [0.717, 1.165) is 5.56 Å². The number of hydrogen-bond donors (Lipinski definition) is 2. The van der Waals surface area contributed by atoms with Gasteiger partial charge in [0, 0.05) is 5.56 Å². The highest BCUT2D eigenvalue weighted by Gasteiger charge is 2.21. The Kier molecular flexibility index (Phi) is 3.05. The van der Waals surface area contributed by atoms with Crippen molar-refractivity contribution in [2.24, 2.45) is 0 Å². The number of ether oxygens (including phenoxy) is 3.